The van der Waals surface area contributed by atoms with Crippen molar-refractivity contribution in [1.82, 2.24) is 19.9 Å². The molecule has 165 valence electrons. The third-order valence-corrected chi connectivity index (χ3v) is 8.97. The van der Waals surface area contributed by atoms with Gasteiger partial charge >= 0.3 is 0 Å². The number of hydrogen-bond acceptors (Lipinski definition) is 7. The van der Waals surface area contributed by atoms with Crippen molar-refractivity contribution in [2.24, 2.45) is 0 Å². The molecule has 9 nitrogen and oxygen atoms in total. The minimum absolute atomic E-state index is 0.0460. The van der Waals surface area contributed by atoms with Gasteiger partial charge in [0.1, 0.15) is 17.2 Å². The summed E-state index contributed by atoms with van der Waals surface area (Å²) in [4.78, 5) is 36.7. The Labute approximate surface area is 185 Å². The van der Waals surface area contributed by atoms with E-state index in [-0.39, 0.29) is 5.91 Å². The molecule has 11 heteroatoms. The highest BCUT2D eigenvalue weighted by molar-refractivity contribution is 7.77. The number of anilines is 3. The average molecular weight is 464 g/mol. The molecule has 1 fully saturated rings. The van der Waals surface area contributed by atoms with Gasteiger partial charge in [-0.05, 0) is 12.1 Å². The number of halogens is 1. The van der Waals surface area contributed by atoms with E-state index in [1.165, 1.54) is 0 Å². The second kappa shape index (κ2) is 8.49. The standard InChI is InChI=1S/C20H25ClN6O3P/c1-12(28)27-6-8-31(29,9-7-27)13-4-5-15(16(10-13)30-3)24-20-25-18(22-2)17-14(21)11-23-19(17)26-20/h4-5,10-11,29H,6-9H2,1-3H3,(H3,22,23,24,25,26). The first-order valence-electron chi connectivity index (χ1n) is 9.88. The minimum Gasteiger partial charge on any atom is -0.495 e. The first-order chi connectivity index (χ1) is 14.8. The van der Waals surface area contributed by atoms with E-state index >= 15 is 0 Å². The number of nitrogens with one attached hydrogen (secondary N) is 3. The van der Waals surface area contributed by atoms with Gasteiger partial charge in [-0.15, -0.1) is 0 Å². The van der Waals surface area contributed by atoms with E-state index in [1.807, 2.05) is 18.2 Å². The molecule has 1 aliphatic heterocycles. The number of ether oxygens (including phenoxy) is 1. The molecule has 3 aromatic rings. The molecule has 1 aliphatic rings. The summed E-state index contributed by atoms with van der Waals surface area (Å²) < 4.78 is 5.58. The number of methoxy groups -OCH3 is 1. The van der Waals surface area contributed by atoms with Crippen molar-refractivity contribution in [1.29, 1.82) is 0 Å². The summed E-state index contributed by atoms with van der Waals surface area (Å²) in [5, 5.41) is 8.36. The van der Waals surface area contributed by atoms with E-state index in [2.05, 4.69) is 25.6 Å². The van der Waals surface area contributed by atoms with Crippen LogP contribution in [0.3, 0.4) is 0 Å². The molecule has 2 aromatic heterocycles. The molecular weight excluding hydrogens is 439 g/mol. The zero-order valence-corrected chi connectivity index (χ0v) is 19.2. The summed E-state index contributed by atoms with van der Waals surface area (Å²) in [5.74, 6) is 1.61. The molecular formula is C20H25ClN6O3P. The molecule has 3 heterocycles. The molecule has 1 saturated heterocycles. The summed E-state index contributed by atoms with van der Waals surface area (Å²) in [7, 11) is 1.01. The van der Waals surface area contributed by atoms with Gasteiger partial charge in [-0.25, -0.2) is 0 Å². The number of fused-ring (bicyclic) bond motifs is 1. The molecule has 1 amide bonds. The van der Waals surface area contributed by atoms with E-state index in [0.29, 0.717) is 59.3 Å². The van der Waals surface area contributed by atoms with Crippen molar-refractivity contribution in [3.8, 4) is 5.75 Å². The first kappa shape index (κ1) is 21.6. The summed E-state index contributed by atoms with van der Waals surface area (Å²) in [6, 6.07) is 5.63. The number of carbonyl (C=O) groups is 1. The normalized spacial score (nSPS) is 15.7. The third kappa shape index (κ3) is 4.13. The van der Waals surface area contributed by atoms with Gasteiger partial charge in [0.05, 0.1) is 23.2 Å². The van der Waals surface area contributed by atoms with Crippen LogP contribution in [0.15, 0.2) is 24.4 Å². The Hall–Kier alpha value is -2.61. The molecule has 0 bridgehead atoms. The van der Waals surface area contributed by atoms with Gasteiger partial charge in [0, 0.05) is 58.4 Å². The van der Waals surface area contributed by atoms with Gasteiger partial charge < -0.3 is 30.1 Å². The fourth-order valence-electron chi connectivity index (χ4n) is 3.76. The smallest absolute Gasteiger partial charge is 0.231 e. The maximum atomic E-state index is 11.6. The average Bonchev–Trinajstić information content (AvgIpc) is 3.14. The molecule has 31 heavy (non-hydrogen) atoms. The fraction of sp³-hybridized carbons (Fsp3) is 0.350. The highest BCUT2D eigenvalue weighted by Crippen LogP contribution is 2.55. The molecule has 4 rings (SSSR count). The summed E-state index contributed by atoms with van der Waals surface area (Å²) >= 11 is 6.21. The Morgan fingerprint density at radius 2 is 2.06 bits per heavy atom. The van der Waals surface area contributed by atoms with Crippen LogP contribution in [0.25, 0.3) is 11.0 Å². The molecule has 1 aromatic carbocycles. The van der Waals surface area contributed by atoms with Crippen molar-refractivity contribution in [2.75, 3.05) is 50.2 Å². The van der Waals surface area contributed by atoms with Crippen molar-refractivity contribution in [3.63, 3.8) is 0 Å². The summed E-state index contributed by atoms with van der Waals surface area (Å²) in [6.45, 7) is 2.70. The zero-order chi connectivity index (χ0) is 22.2. The van der Waals surface area contributed by atoms with Crippen molar-refractivity contribution in [3.05, 3.63) is 29.4 Å². The van der Waals surface area contributed by atoms with Crippen LogP contribution >= 0.6 is 19.1 Å². The van der Waals surface area contributed by atoms with Crippen molar-refractivity contribution < 1.29 is 14.4 Å². The summed E-state index contributed by atoms with van der Waals surface area (Å²) in [5.41, 5.74) is 1.29. The number of benzene rings is 1. The van der Waals surface area contributed by atoms with Gasteiger partial charge in [0.2, 0.25) is 11.9 Å². The number of H-pyrrole nitrogens is 1. The second-order valence-corrected chi connectivity index (χ2v) is 11.1. The number of rotatable bonds is 5. The number of aromatic nitrogens is 3. The van der Waals surface area contributed by atoms with Crippen LogP contribution in [-0.4, -0.2) is 70.2 Å². The summed E-state index contributed by atoms with van der Waals surface area (Å²) in [6.07, 6.45) is 2.84. The first-order valence-corrected chi connectivity index (χ1v) is 12.4. The Balaban J connectivity index is 1.61. The minimum atomic E-state index is -2.34. The highest BCUT2D eigenvalue weighted by atomic mass is 35.5. The highest BCUT2D eigenvalue weighted by Gasteiger charge is 2.33. The molecule has 0 unspecified atom stereocenters. The quantitative estimate of drug-likeness (QED) is 0.430. The maximum absolute atomic E-state index is 11.6. The van der Waals surface area contributed by atoms with Crippen LogP contribution in [0, 0.1) is 0 Å². The lowest BCUT2D eigenvalue weighted by Crippen LogP contribution is -2.41. The molecule has 0 atom stereocenters. The SMILES string of the molecule is CNc1nc(Nc2ccc([P]3(O)CCN(C(C)=O)CC3)cc2OC)nc2[nH]cc(Cl)c12. The lowest BCUT2D eigenvalue weighted by Gasteiger charge is -2.39. The van der Waals surface area contributed by atoms with Gasteiger partial charge in [-0.3, -0.25) is 4.79 Å². The van der Waals surface area contributed by atoms with Crippen LogP contribution in [0.5, 0.6) is 5.75 Å². The van der Waals surface area contributed by atoms with Crippen molar-refractivity contribution >= 4 is 58.8 Å². The molecule has 1 radical (unpaired) electrons. The zero-order valence-electron chi connectivity index (χ0n) is 17.6. The largest absolute Gasteiger partial charge is 0.495 e. The van der Waals surface area contributed by atoms with Gasteiger partial charge in [0.15, 0.2) is 0 Å². The molecule has 0 aliphatic carbocycles. The Kier molecular flexibility index (Phi) is 5.92. The number of nitrogens with zero attached hydrogens (tertiary/aromatic N) is 3. The van der Waals surface area contributed by atoms with Gasteiger partial charge in [-0.1, -0.05) is 17.7 Å². The topological polar surface area (TPSA) is 115 Å². The van der Waals surface area contributed by atoms with Gasteiger partial charge in [0.25, 0.3) is 0 Å². The van der Waals surface area contributed by atoms with Crippen LogP contribution in [0.1, 0.15) is 6.92 Å². The van der Waals surface area contributed by atoms with E-state index in [4.69, 9.17) is 16.3 Å². The van der Waals surface area contributed by atoms with Crippen LogP contribution in [-0.2, 0) is 4.79 Å². The molecule has 0 saturated carbocycles. The van der Waals surface area contributed by atoms with E-state index < -0.39 is 7.49 Å². The number of hydrogen-bond donors (Lipinski definition) is 4. The number of carbonyl (C=O) groups excluding carboxylic acids is 1. The Morgan fingerprint density at radius 1 is 1.32 bits per heavy atom. The molecule has 4 N–H and O–H groups in total. The van der Waals surface area contributed by atoms with Crippen molar-refractivity contribution in [2.45, 2.75) is 6.92 Å². The van der Waals surface area contributed by atoms with Crippen LogP contribution in [0.2, 0.25) is 5.02 Å². The number of amides is 1. The fourth-order valence-corrected chi connectivity index (χ4v) is 6.59. The lowest BCUT2D eigenvalue weighted by atomic mass is 10.3. The monoisotopic (exact) mass is 463 g/mol. The van der Waals surface area contributed by atoms with E-state index in [0.717, 1.165) is 10.7 Å². The third-order valence-electron chi connectivity index (χ3n) is 5.56. The number of aromatic amines is 1. The van der Waals surface area contributed by atoms with E-state index in [9.17, 15) is 9.69 Å². The van der Waals surface area contributed by atoms with Crippen LogP contribution in [0.4, 0.5) is 17.5 Å². The van der Waals surface area contributed by atoms with Crippen LogP contribution < -0.4 is 20.7 Å². The predicted octanol–water partition coefficient (Wildman–Crippen LogP) is 2.82. The van der Waals surface area contributed by atoms with Gasteiger partial charge in [-0.2, -0.15) is 9.97 Å². The molecule has 0 spiro atoms. The lowest BCUT2D eigenvalue weighted by molar-refractivity contribution is -0.128. The second-order valence-electron chi connectivity index (χ2n) is 7.39. The Morgan fingerprint density at radius 3 is 2.71 bits per heavy atom. The Bertz CT molecular complexity index is 1130. The maximum Gasteiger partial charge on any atom is 0.231 e. The van der Waals surface area contributed by atoms with E-state index in [1.54, 1.807) is 32.2 Å². The predicted molar refractivity (Wildman–Crippen MR) is 125 cm³/mol.